The second-order valence-corrected chi connectivity index (χ2v) is 3.99. The van der Waals surface area contributed by atoms with Crippen molar-refractivity contribution in [3.05, 3.63) is 28.8 Å². The maximum Gasteiger partial charge on any atom is 0.228 e. The first kappa shape index (κ1) is 11.3. The van der Waals surface area contributed by atoms with E-state index in [1.54, 1.807) is 12.1 Å². The lowest BCUT2D eigenvalue weighted by atomic mass is 10.1. The first-order chi connectivity index (χ1) is 6.56. The molecule has 0 aliphatic rings. The zero-order valence-corrected chi connectivity index (χ0v) is 9.41. The summed E-state index contributed by atoms with van der Waals surface area (Å²) in [5.41, 5.74) is 0.348. The highest BCUT2D eigenvalue weighted by Crippen LogP contribution is 2.26. The smallest absolute Gasteiger partial charge is 0.228 e. The van der Waals surface area contributed by atoms with Gasteiger partial charge < -0.3 is 0 Å². The van der Waals surface area contributed by atoms with E-state index in [1.807, 2.05) is 6.26 Å². The molecule has 0 heterocycles. The van der Waals surface area contributed by atoms with Gasteiger partial charge in [-0.1, -0.05) is 11.6 Å². The number of carbonyl (C=O) groups is 2. The summed E-state index contributed by atoms with van der Waals surface area (Å²) in [5.74, 6) is -0.975. The van der Waals surface area contributed by atoms with Gasteiger partial charge in [0, 0.05) is 17.4 Å². The summed E-state index contributed by atoms with van der Waals surface area (Å²) in [7, 11) is 0. The predicted molar refractivity (Wildman–Crippen MR) is 58.2 cm³/mol. The van der Waals surface area contributed by atoms with Crippen LogP contribution in [0.4, 0.5) is 0 Å². The summed E-state index contributed by atoms with van der Waals surface area (Å²) in [5, 5.41) is 0.504. The second kappa shape index (κ2) is 4.62. The highest BCUT2D eigenvalue weighted by molar-refractivity contribution is 7.98. The van der Waals surface area contributed by atoms with Crippen LogP contribution in [0, 0.1) is 0 Å². The van der Waals surface area contributed by atoms with E-state index < -0.39 is 11.6 Å². The number of benzene rings is 1. The van der Waals surface area contributed by atoms with Gasteiger partial charge in [-0.3, -0.25) is 9.59 Å². The number of rotatable bonds is 3. The highest BCUT2D eigenvalue weighted by atomic mass is 35.5. The first-order valence-electron chi connectivity index (χ1n) is 3.95. The third-order valence-corrected chi connectivity index (χ3v) is 2.95. The largest absolute Gasteiger partial charge is 0.291 e. The van der Waals surface area contributed by atoms with Crippen LogP contribution in [0.3, 0.4) is 0 Å². The van der Waals surface area contributed by atoms with Crippen LogP contribution in [0.25, 0.3) is 0 Å². The van der Waals surface area contributed by atoms with Gasteiger partial charge in [-0.25, -0.2) is 0 Å². The van der Waals surface area contributed by atoms with Gasteiger partial charge in [0.2, 0.25) is 5.78 Å². The van der Waals surface area contributed by atoms with Gasteiger partial charge in [0.25, 0.3) is 0 Å². The van der Waals surface area contributed by atoms with Crippen LogP contribution in [0.2, 0.25) is 5.02 Å². The summed E-state index contributed by atoms with van der Waals surface area (Å²) < 4.78 is 0. The van der Waals surface area contributed by atoms with Crippen molar-refractivity contribution in [1.29, 1.82) is 0 Å². The molecule has 0 saturated heterocycles. The average molecular weight is 229 g/mol. The first-order valence-corrected chi connectivity index (χ1v) is 5.55. The minimum absolute atomic E-state index is 0.348. The predicted octanol–water partition coefficient (Wildman–Crippen LogP) is 2.83. The van der Waals surface area contributed by atoms with Gasteiger partial charge in [0.1, 0.15) is 0 Å². The summed E-state index contributed by atoms with van der Waals surface area (Å²) >= 11 is 7.39. The molecule has 1 rings (SSSR count). The molecule has 2 nitrogen and oxygen atoms in total. The Hall–Kier alpha value is -0.800. The number of thioether (sulfide) groups is 1. The topological polar surface area (TPSA) is 34.1 Å². The Morgan fingerprint density at radius 3 is 2.43 bits per heavy atom. The molecular weight excluding hydrogens is 220 g/mol. The quantitative estimate of drug-likeness (QED) is 0.453. The van der Waals surface area contributed by atoms with E-state index in [9.17, 15) is 9.59 Å². The van der Waals surface area contributed by atoms with Gasteiger partial charge in [0.15, 0.2) is 5.78 Å². The lowest BCUT2D eigenvalue weighted by Gasteiger charge is -2.02. The van der Waals surface area contributed by atoms with Gasteiger partial charge in [0.05, 0.1) is 5.02 Å². The molecule has 4 heteroatoms. The molecule has 0 aromatic heterocycles. The van der Waals surface area contributed by atoms with Crippen molar-refractivity contribution in [1.82, 2.24) is 0 Å². The van der Waals surface area contributed by atoms with E-state index in [1.165, 1.54) is 24.8 Å². The molecule has 0 unspecified atom stereocenters. The molecule has 0 amide bonds. The number of carbonyl (C=O) groups excluding carboxylic acids is 2. The Balaban J connectivity index is 3.09. The lowest BCUT2D eigenvalue weighted by molar-refractivity contribution is -0.113. The monoisotopic (exact) mass is 228 g/mol. The van der Waals surface area contributed by atoms with E-state index in [4.69, 9.17) is 11.6 Å². The molecule has 0 radical (unpaired) electrons. The van der Waals surface area contributed by atoms with Crippen LogP contribution >= 0.6 is 23.4 Å². The van der Waals surface area contributed by atoms with Gasteiger partial charge >= 0.3 is 0 Å². The maximum absolute atomic E-state index is 11.3. The van der Waals surface area contributed by atoms with Crippen LogP contribution in [-0.4, -0.2) is 17.8 Å². The van der Waals surface area contributed by atoms with Gasteiger partial charge in [-0.05, 0) is 24.5 Å². The number of hydrogen-bond acceptors (Lipinski definition) is 3. The molecular formula is C10H9ClO2S. The molecule has 0 spiro atoms. The molecule has 74 valence electrons. The Labute approximate surface area is 91.6 Å². The summed E-state index contributed by atoms with van der Waals surface area (Å²) in [6.07, 6.45) is 1.90. The summed E-state index contributed by atoms with van der Waals surface area (Å²) in [6, 6.07) is 4.88. The van der Waals surface area contributed by atoms with Crippen LogP contribution in [0.15, 0.2) is 23.1 Å². The Morgan fingerprint density at radius 1 is 1.36 bits per heavy atom. The van der Waals surface area contributed by atoms with Gasteiger partial charge in [-0.15, -0.1) is 11.8 Å². The van der Waals surface area contributed by atoms with Crippen molar-refractivity contribution >= 4 is 34.9 Å². The molecule has 14 heavy (non-hydrogen) atoms. The van der Waals surface area contributed by atoms with Crippen molar-refractivity contribution in [2.45, 2.75) is 11.8 Å². The zero-order valence-electron chi connectivity index (χ0n) is 7.83. The van der Waals surface area contributed by atoms with Crippen molar-refractivity contribution in [2.24, 2.45) is 0 Å². The fourth-order valence-electron chi connectivity index (χ4n) is 1.01. The molecule has 0 atom stereocenters. The fraction of sp³-hybridized carbons (Fsp3) is 0.200. The molecule has 0 saturated carbocycles. The van der Waals surface area contributed by atoms with E-state index in [0.29, 0.717) is 10.6 Å². The number of ketones is 2. The van der Waals surface area contributed by atoms with Crippen LogP contribution in [-0.2, 0) is 4.79 Å². The molecule has 0 fully saturated rings. The fourth-order valence-corrected chi connectivity index (χ4v) is 1.88. The number of Topliss-reactive ketones (excluding diaryl/α,β-unsaturated/α-hetero) is 2. The standard InChI is InChI=1S/C10H9ClO2S/c1-6(12)10(13)7-3-4-9(14-2)8(11)5-7/h3-5H,1-2H3. The third kappa shape index (κ3) is 2.36. The molecule has 0 bridgehead atoms. The third-order valence-electron chi connectivity index (χ3n) is 1.73. The van der Waals surface area contributed by atoms with Crippen molar-refractivity contribution < 1.29 is 9.59 Å². The molecule has 1 aromatic carbocycles. The van der Waals surface area contributed by atoms with Gasteiger partial charge in [-0.2, -0.15) is 0 Å². The lowest BCUT2D eigenvalue weighted by Crippen LogP contribution is -2.09. The Morgan fingerprint density at radius 2 is 2.00 bits per heavy atom. The number of halogens is 1. The second-order valence-electron chi connectivity index (χ2n) is 2.73. The maximum atomic E-state index is 11.3. The molecule has 0 N–H and O–H groups in total. The van der Waals surface area contributed by atoms with E-state index in [0.717, 1.165) is 4.90 Å². The molecule has 0 aliphatic heterocycles. The van der Waals surface area contributed by atoms with Crippen LogP contribution in [0.5, 0.6) is 0 Å². The molecule has 0 aliphatic carbocycles. The van der Waals surface area contributed by atoms with E-state index in [-0.39, 0.29) is 0 Å². The summed E-state index contributed by atoms with van der Waals surface area (Å²) in [4.78, 5) is 23.0. The SMILES string of the molecule is CSc1ccc(C(=O)C(C)=O)cc1Cl. The Kier molecular flexibility index (Phi) is 3.72. The Bertz CT molecular complexity index is 388. The minimum Gasteiger partial charge on any atom is -0.291 e. The van der Waals surface area contributed by atoms with E-state index >= 15 is 0 Å². The van der Waals surface area contributed by atoms with Crippen molar-refractivity contribution in [2.75, 3.05) is 6.26 Å². The van der Waals surface area contributed by atoms with Crippen molar-refractivity contribution in [3.63, 3.8) is 0 Å². The summed E-state index contributed by atoms with van der Waals surface area (Å²) in [6.45, 7) is 1.25. The number of hydrogen-bond donors (Lipinski definition) is 0. The highest BCUT2D eigenvalue weighted by Gasteiger charge is 2.12. The van der Waals surface area contributed by atoms with Crippen LogP contribution < -0.4 is 0 Å². The molecule has 1 aromatic rings. The van der Waals surface area contributed by atoms with Crippen molar-refractivity contribution in [3.8, 4) is 0 Å². The average Bonchev–Trinajstić information content (AvgIpc) is 2.16. The van der Waals surface area contributed by atoms with E-state index in [2.05, 4.69) is 0 Å². The minimum atomic E-state index is -0.500. The normalized spacial score (nSPS) is 9.93. The van der Waals surface area contributed by atoms with Crippen LogP contribution in [0.1, 0.15) is 17.3 Å². The zero-order chi connectivity index (χ0) is 10.7.